The minimum absolute atomic E-state index is 0.000833. The fourth-order valence-electron chi connectivity index (χ4n) is 2.89. The van der Waals surface area contributed by atoms with Crippen LogP contribution in [0.1, 0.15) is 22.0 Å². The van der Waals surface area contributed by atoms with Gasteiger partial charge in [-0.05, 0) is 29.8 Å². The van der Waals surface area contributed by atoms with Crippen molar-refractivity contribution in [2.45, 2.75) is 12.2 Å². The fraction of sp³-hybridized carbons (Fsp3) is 0.278. The second-order valence-corrected chi connectivity index (χ2v) is 6.88. The maximum absolute atomic E-state index is 11.7. The van der Waals surface area contributed by atoms with E-state index in [1.807, 2.05) is 0 Å². The van der Waals surface area contributed by atoms with E-state index in [-0.39, 0.29) is 31.1 Å². The second kappa shape index (κ2) is 8.64. The van der Waals surface area contributed by atoms with Gasteiger partial charge >= 0.3 is 6.09 Å². The van der Waals surface area contributed by atoms with Crippen molar-refractivity contribution in [3.63, 3.8) is 0 Å². The molecular formula is C18H17Cl2N3O5. The number of hydrogen-bond donors (Lipinski definition) is 2. The van der Waals surface area contributed by atoms with Gasteiger partial charge in [-0.1, -0.05) is 29.3 Å². The quantitative estimate of drug-likeness (QED) is 0.777. The van der Waals surface area contributed by atoms with E-state index in [1.165, 1.54) is 17.2 Å². The minimum atomic E-state index is -1.11. The number of nitrogens with zero attached hydrogens (tertiary/aromatic N) is 2. The Morgan fingerprint density at radius 3 is 2.75 bits per heavy atom. The third kappa shape index (κ3) is 4.46. The fourth-order valence-corrected chi connectivity index (χ4v) is 3.20. The van der Waals surface area contributed by atoms with Gasteiger partial charge in [-0.3, -0.25) is 4.79 Å². The molecule has 2 amide bonds. The van der Waals surface area contributed by atoms with Crippen molar-refractivity contribution < 1.29 is 24.2 Å². The largest absolute Gasteiger partial charge is 0.469 e. The van der Waals surface area contributed by atoms with Crippen molar-refractivity contribution in [1.29, 1.82) is 0 Å². The minimum Gasteiger partial charge on any atom is -0.469 e. The number of rotatable bonds is 4. The average Bonchev–Trinajstić information content (AvgIpc) is 2.87. The summed E-state index contributed by atoms with van der Waals surface area (Å²) in [5, 5.41) is 10.1. The Morgan fingerprint density at radius 2 is 2.07 bits per heavy atom. The van der Waals surface area contributed by atoms with E-state index < -0.39 is 24.2 Å². The lowest BCUT2D eigenvalue weighted by Crippen LogP contribution is -2.40. The zero-order chi connectivity index (χ0) is 20.3. The lowest BCUT2D eigenvalue weighted by molar-refractivity contribution is -0.0111. The van der Waals surface area contributed by atoms with Crippen LogP contribution in [0.2, 0.25) is 10.0 Å². The molecule has 0 aliphatic carbocycles. The van der Waals surface area contributed by atoms with E-state index in [1.54, 1.807) is 24.3 Å². The molecule has 148 valence electrons. The van der Waals surface area contributed by atoms with Crippen LogP contribution in [0.15, 0.2) is 36.5 Å². The van der Waals surface area contributed by atoms with Crippen LogP contribution >= 0.6 is 23.2 Å². The number of carbonyl (C=O) groups is 2. The Bertz CT molecular complexity index is 895. The number of ether oxygens (including phenoxy) is 2. The maximum Gasteiger partial charge on any atom is 0.407 e. The van der Waals surface area contributed by atoms with Crippen LogP contribution in [0.4, 0.5) is 4.79 Å². The molecule has 0 spiro atoms. The smallest absolute Gasteiger partial charge is 0.407 e. The summed E-state index contributed by atoms with van der Waals surface area (Å²) in [5.41, 5.74) is 6.12. The van der Waals surface area contributed by atoms with Crippen molar-refractivity contribution in [3.8, 4) is 5.88 Å². The standard InChI is InChI=1S/C18H17Cl2N3O5/c19-12-4-3-10(8-13(12)20)15-14(9-23(18(25)26)6-7-27-15)28-17-11(16(21)24)2-1-5-22-17/h1-5,8,14-15H,6-7,9H2,(H2,21,24)(H,25,26). The first kappa shape index (κ1) is 20.2. The molecule has 3 rings (SSSR count). The van der Waals surface area contributed by atoms with Gasteiger partial charge in [-0.15, -0.1) is 0 Å². The number of primary amides is 1. The molecule has 2 atom stereocenters. The Labute approximate surface area is 170 Å². The van der Waals surface area contributed by atoms with Gasteiger partial charge in [-0.25, -0.2) is 9.78 Å². The average molecular weight is 426 g/mol. The zero-order valence-electron chi connectivity index (χ0n) is 14.5. The van der Waals surface area contributed by atoms with E-state index in [0.717, 1.165) is 0 Å². The topological polar surface area (TPSA) is 115 Å². The van der Waals surface area contributed by atoms with Gasteiger partial charge in [0.25, 0.3) is 5.91 Å². The summed E-state index contributed by atoms with van der Waals surface area (Å²) >= 11 is 12.1. The molecule has 1 aromatic carbocycles. The SMILES string of the molecule is NC(=O)c1cccnc1OC1CN(C(=O)O)CCOC1c1ccc(Cl)c(Cl)c1. The Hall–Kier alpha value is -2.55. The van der Waals surface area contributed by atoms with E-state index in [0.29, 0.717) is 15.6 Å². The summed E-state index contributed by atoms with van der Waals surface area (Å²) < 4.78 is 11.8. The number of amides is 2. The van der Waals surface area contributed by atoms with Crippen molar-refractivity contribution >= 4 is 35.2 Å². The molecule has 1 aliphatic rings. The van der Waals surface area contributed by atoms with Gasteiger partial charge in [0.2, 0.25) is 5.88 Å². The summed E-state index contributed by atoms with van der Waals surface area (Å²) in [5.74, 6) is -0.709. The number of pyridine rings is 1. The van der Waals surface area contributed by atoms with E-state index in [9.17, 15) is 14.7 Å². The lowest BCUT2D eigenvalue weighted by Gasteiger charge is -2.28. The maximum atomic E-state index is 11.7. The van der Waals surface area contributed by atoms with Gasteiger partial charge in [-0.2, -0.15) is 0 Å². The van der Waals surface area contributed by atoms with E-state index in [4.69, 9.17) is 38.4 Å². The van der Waals surface area contributed by atoms with E-state index in [2.05, 4.69) is 4.98 Å². The number of nitrogens with two attached hydrogens (primary N) is 1. The molecule has 2 heterocycles. The zero-order valence-corrected chi connectivity index (χ0v) is 16.1. The molecule has 1 aromatic heterocycles. The normalized spacial score (nSPS) is 19.7. The molecule has 28 heavy (non-hydrogen) atoms. The first-order chi connectivity index (χ1) is 13.4. The molecule has 10 heteroatoms. The highest BCUT2D eigenvalue weighted by Gasteiger charge is 2.34. The number of benzene rings is 1. The highest BCUT2D eigenvalue weighted by molar-refractivity contribution is 6.42. The predicted molar refractivity (Wildman–Crippen MR) is 102 cm³/mol. The molecule has 1 saturated heterocycles. The Morgan fingerprint density at radius 1 is 1.29 bits per heavy atom. The third-order valence-electron chi connectivity index (χ3n) is 4.24. The number of carboxylic acid groups (broad SMARTS) is 1. The highest BCUT2D eigenvalue weighted by Crippen LogP contribution is 2.32. The number of halogens is 2. The molecule has 0 saturated carbocycles. The summed E-state index contributed by atoms with van der Waals surface area (Å²) in [6.45, 7) is 0.314. The van der Waals surface area contributed by atoms with Crippen molar-refractivity contribution in [2.75, 3.05) is 19.7 Å². The Kier molecular flexibility index (Phi) is 6.23. The molecule has 2 aromatic rings. The molecule has 0 radical (unpaired) electrons. The van der Waals surface area contributed by atoms with Gasteiger partial charge in [0, 0.05) is 12.7 Å². The van der Waals surface area contributed by atoms with Gasteiger partial charge in [0.15, 0.2) is 0 Å². The number of aromatic nitrogens is 1. The van der Waals surface area contributed by atoms with Crippen LogP contribution in [0, 0.1) is 0 Å². The van der Waals surface area contributed by atoms with Crippen LogP contribution in [0.25, 0.3) is 0 Å². The first-order valence-corrected chi connectivity index (χ1v) is 9.08. The number of hydrogen-bond acceptors (Lipinski definition) is 5. The van der Waals surface area contributed by atoms with Crippen LogP contribution < -0.4 is 10.5 Å². The van der Waals surface area contributed by atoms with Crippen molar-refractivity contribution in [3.05, 3.63) is 57.7 Å². The number of carbonyl (C=O) groups excluding carboxylic acids is 1. The van der Waals surface area contributed by atoms with Gasteiger partial charge in [0.1, 0.15) is 17.8 Å². The summed E-state index contributed by atoms with van der Waals surface area (Å²) in [6, 6.07) is 8.00. The molecular weight excluding hydrogens is 409 g/mol. The summed E-state index contributed by atoms with van der Waals surface area (Å²) in [4.78, 5) is 28.4. The molecule has 1 fully saturated rings. The highest BCUT2D eigenvalue weighted by atomic mass is 35.5. The van der Waals surface area contributed by atoms with Crippen LogP contribution in [-0.4, -0.2) is 52.8 Å². The molecule has 1 aliphatic heterocycles. The van der Waals surface area contributed by atoms with Crippen molar-refractivity contribution in [1.82, 2.24) is 9.88 Å². The predicted octanol–water partition coefficient (Wildman–Crippen LogP) is 2.99. The molecule has 3 N–H and O–H groups in total. The van der Waals surface area contributed by atoms with E-state index >= 15 is 0 Å². The molecule has 2 unspecified atom stereocenters. The Balaban J connectivity index is 1.98. The van der Waals surface area contributed by atoms with Crippen molar-refractivity contribution in [2.24, 2.45) is 5.73 Å². The second-order valence-electron chi connectivity index (χ2n) is 6.07. The molecule has 0 bridgehead atoms. The summed E-state index contributed by atoms with van der Waals surface area (Å²) in [6.07, 6.45) is -1.13. The lowest BCUT2D eigenvalue weighted by atomic mass is 10.0. The van der Waals surface area contributed by atoms with Crippen LogP contribution in [-0.2, 0) is 4.74 Å². The van der Waals surface area contributed by atoms with Gasteiger partial charge < -0.3 is 25.2 Å². The summed E-state index contributed by atoms with van der Waals surface area (Å²) in [7, 11) is 0. The van der Waals surface area contributed by atoms with Crippen LogP contribution in [0.5, 0.6) is 5.88 Å². The monoisotopic (exact) mass is 425 g/mol. The molecule has 8 nitrogen and oxygen atoms in total. The third-order valence-corrected chi connectivity index (χ3v) is 4.98. The first-order valence-electron chi connectivity index (χ1n) is 8.32. The van der Waals surface area contributed by atoms with Gasteiger partial charge in [0.05, 0.1) is 23.2 Å². The van der Waals surface area contributed by atoms with Crippen LogP contribution in [0.3, 0.4) is 0 Å².